The number of aromatic nitrogens is 3. The number of benzene rings is 3. The molecule has 0 fully saturated rings. The fourth-order valence-electron chi connectivity index (χ4n) is 5.94. The van der Waals surface area contributed by atoms with Crippen LogP contribution in [0, 0.1) is 0 Å². The Labute approximate surface area is 267 Å². The number of pyridine rings is 2. The van der Waals surface area contributed by atoms with E-state index in [2.05, 4.69) is 145 Å². The second-order valence-electron chi connectivity index (χ2n) is 15.1. The minimum absolute atomic E-state index is 0.00943. The van der Waals surface area contributed by atoms with Crippen molar-refractivity contribution in [2.75, 3.05) is 0 Å². The average molecular weight is 598 g/mol. The topological polar surface area (TPSA) is 30.7 Å². The zero-order valence-electron chi connectivity index (χ0n) is 27.4. The molecular formula is C40H43N3S. The molecule has 224 valence electrons. The molecule has 0 saturated heterocycles. The highest BCUT2D eigenvalue weighted by Gasteiger charge is 2.26. The maximum Gasteiger partial charge on any atom is 0.146 e. The van der Waals surface area contributed by atoms with Gasteiger partial charge in [-0.2, -0.15) is 0 Å². The van der Waals surface area contributed by atoms with E-state index in [1.807, 2.05) is 18.3 Å². The van der Waals surface area contributed by atoms with Crippen molar-refractivity contribution in [1.82, 2.24) is 14.5 Å². The van der Waals surface area contributed by atoms with Gasteiger partial charge in [0.1, 0.15) is 5.65 Å². The molecule has 6 rings (SSSR count). The van der Waals surface area contributed by atoms with Gasteiger partial charge in [0.2, 0.25) is 0 Å². The second kappa shape index (κ2) is 10.6. The molecule has 3 aromatic heterocycles. The maximum atomic E-state index is 5.46. The first-order valence-corrected chi connectivity index (χ1v) is 15.9. The van der Waals surface area contributed by atoms with Crippen LogP contribution < -0.4 is 0 Å². The van der Waals surface area contributed by atoms with E-state index in [-0.39, 0.29) is 16.2 Å². The fraction of sp³-hybridized carbons (Fsp3) is 0.300. The van der Waals surface area contributed by atoms with E-state index < -0.39 is 0 Å². The molecule has 6 aromatic rings. The summed E-state index contributed by atoms with van der Waals surface area (Å²) in [6.45, 7) is 20.4. The number of thiol groups is 1. The van der Waals surface area contributed by atoms with Crippen LogP contribution in [0.25, 0.3) is 50.1 Å². The van der Waals surface area contributed by atoms with Crippen molar-refractivity contribution in [3.8, 4) is 28.2 Å². The lowest BCUT2D eigenvalue weighted by Crippen LogP contribution is -2.17. The molecule has 4 heteroatoms. The van der Waals surface area contributed by atoms with Crippen LogP contribution in [0.1, 0.15) is 79.0 Å². The number of hydrogen-bond donors (Lipinski definition) is 1. The number of rotatable bonds is 3. The Morgan fingerprint density at radius 3 is 2.02 bits per heavy atom. The summed E-state index contributed by atoms with van der Waals surface area (Å²) in [5.74, 6) is 0. The summed E-state index contributed by atoms with van der Waals surface area (Å²) in [6, 6.07) is 30.6. The summed E-state index contributed by atoms with van der Waals surface area (Å²) >= 11 is 5.14. The molecule has 3 nitrogen and oxygen atoms in total. The van der Waals surface area contributed by atoms with Crippen molar-refractivity contribution in [2.24, 2.45) is 0 Å². The quantitative estimate of drug-likeness (QED) is 0.206. The molecule has 0 aliphatic rings. The van der Waals surface area contributed by atoms with Gasteiger partial charge in [-0.15, -0.1) is 12.6 Å². The first kappa shape index (κ1) is 30.1. The molecule has 0 unspecified atom stereocenters. The number of nitrogens with zero attached hydrogens (tertiary/aromatic N) is 3. The molecule has 0 saturated carbocycles. The summed E-state index contributed by atoms with van der Waals surface area (Å²) in [4.78, 5) is 11.1. The van der Waals surface area contributed by atoms with Crippen LogP contribution in [0.15, 0.2) is 96.0 Å². The van der Waals surface area contributed by atoms with E-state index in [9.17, 15) is 0 Å². The zero-order valence-corrected chi connectivity index (χ0v) is 28.3. The summed E-state index contributed by atoms with van der Waals surface area (Å²) in [7, 11) is 0. The Hall–Kier alpha value is -3.89. The highest BCUT2D eigenvalue weighted by atomic mass is 32.1. The van der Waals surface area contributed by atoms with Gasteiger partial charge >= 0.3 is 0 Å². The van der Waals surface area contributed by atoms with Gasteiger partial charge in [0.15, 0.2) is 0 Å². The van der Waals surface area contributed by atoms with Crippen molar-refractivity contribution in [3.05, 3.63) is 108 Å². The lowest BCUT2D eigenvalue weighted by molar-refractivity contribution is 0.560. The second-order valence-corrected chi connectivity index (χ2v) is 15.5. The van der Waals surface area contributed by atoms with Crippen LogP contribution in [-0.2, 0) is 16.2 Å². The first-order chi connectivity index (χ1) is 20.6. The van der Waals surface area contributed by atoms with E-state index >= 15 is 0 Å². The Bertz CT molecular complexity index is 2010. The predicted octanol–water partition coefficient (Wildman–Crippen LogP) is 11.1. The highest BCUT2D eigenvalue weighted by molar-refractivity contribution is 7.80. The van der Waals surface area contributed by atoms with Gasteiger partial charge in [-0.1, -0.05) is 92.6 Å². The molecule has 0 aliphatic heterocycles. The lowest BCUT2D eigenvalue weighted by Gasteiger charge is -2.28. The fourth-order valence-corrected chi connectivity index (χ4v) is 6.52. The van der Waals surface area contributed by atoms with E-state index in [1.54, 1.807) is 0 Å². The summed E-state index contributed by atoms with van der Waals surface area (Å²) in [5, 5.41) is 2.35. The first-order valence-electron chi connectivity index (χ1n) is 15.5. The highest BCUT2D eigenvalue weighted by Crippen LogP contribution is 2.41. The van der Waals surface area contributed by atoms with Gasteiger partial charge in [-0.3, -0.25) is 9.55 Å². The SMILES string of the molecule is CC(C)(C)c1cc(-c2ccc3c4cc(C(C)(C)C)ccc4n(-c4cccc(-c5ccccn5)c4)c3n2)c(S)c(C(C)(C)C)c1. The number of hydrogen-bond acceptors (Lipinski definition) is 3. The Morgan fingerprint density at radius 1 is 0.614 bits per heavy atom. The third kappa shape index (κ3) is 5.45. The standard InChI is InChI=1S/C40H43N3S/c1-38(2,3)26-16-19-35-30(22-26)29-17-18-34(31-23-27(39(4,5)6)24-32(36(31)44)40(7,8)9)42-37(29)43(35)28-14-12-13-25(21-28)33-15-10-11-20-41-33/h10-24,44H,1-9H3. The summed E-state index contributed by atoms with van der Waals surface area (Å²) < 4.78 is 2.31. The molecule has 0 aliphatic carbocycles. The average Bonchev–Trinajstić information content (AvgIpc) is 3.29. The zero-order chi connectivity index (χ0) is 31.6. The van der Waals surface area contributed by atoms with Crippen LogP contribution >= 0.6 is 12.6 Å². The third-order valence-electron chi connectivity index (χ3n) is 8.61. The van der Waals surface area contributed by atoms with Crippen LogP contribution in [-0.4, -0.2) is 14.5 Å². The van der Waals surface area contributed by atoms with Crippen molar-refractivity contribution in [2.45, 2.75) is 83.5 Å². The van der Waals surface area contributed by atoms with Crippen molar-refractivity contribution < 1.29 is 0 Å². The minimum atomic E-state index is -0.0542. The van der Waals surface area contributed by atoms with Crippen LogP contribution in [0.3, 0.4) is 0 Å². The van der Waals surface area contributed by atoms with E-state index in [4.69, 9.17) is 17.6 Å². The van der Waals surface area contributed by atoms with Gasteiger partial charge in [0, 0.05) is 38.7 Å². The molecule has 3 heterocycles. The third-order valence-corrected chi connectivity index (χ3v) is 9.09. The van der Waals surface area contributed by atoms with Crippen molar-refractivity contribution in [3.63, 3.8) is 0 Å². The largest absolute Gasteiger partial charge is 0.294 e. The molecule has 0 atom stereocenters. The lowest BCUT2D eigenvalue weighted by atomic mass is 9.79. The van der Waals surface area contributed by atoms with Crippen LogP contribution in [0.5, 0.6) is 0 Å². The molecule has 3 aromatic carbocycles. The van der Waals surface area contributed by atoms with Crippen LogP contribution in [0.2, 0.25) is 0 Å². The maximum absolute atomic E-state index is 5.46. The summed E-state index contributed by atoms with van der Waals surface area (Å²) in [5.41, 5.74) is 11.0. The smallest absolute Gasteiger partial charge is 0.146 e. The van der Waals surface area contributed by atoms with Crippen molar-refractivity contribution >= 4 is 34.6 Å². The summed E-state index contributed by atoms with van der Waals surface area (Å²) in [6.07, 6.45) is 1.84. The predicted molar refractivity (Wildman–Crippen MR) is 191 cm³/mol. The van der Waals surface area contributed by atoms with Gasteiger partial charge in [0.05, 0.1) is 16.9 Å². The monoisotopic (exact) mass is 597 g/mol. The van der Waals surface area contributed by atoms with Gasteiger partial charge in [-0.05, 0) is 87.5 Å². The van der Waals surface area contributed by atoms with Gasteiger partial charge in [0.25, 0.3) is 0 Å². The van der Waals surface area contributed by atoms with Gasteiger partial charge in [-0.25, -0.2) is 4.98 Å². The molecule has 0 amide bonds. The Kier molecular flexibility index (Phi) is 7.28. The van der Waals surface area contributed by atoms with E-state index in [0.29, 0.717) is 0 Å². The Morgan fingerprint density at radius 2 is 1.36 bits per heavy atom. The molecule has 0 spiro atoms. The molecule has 44 heavy (non-hydrogen) atoms. The van der Waals surface area contributed by atoms with Crippen LogP contribution in [0.4, 0.5) is 0 Å². The molecule has 0 N–H and O–H groups in total. The van der Waals surface area contributed by atoms with Gasteiger partial charge < -0.3 is 0 Å². The minimum Gasteiger partial charge on any atom is -0.294 e. The molecule has 0 bridgehead atoms. The van der Waals surface area contributed by atoms with E-state index in [1.165, 1.54) is 22.1 Å². The molecular weight excluding hydrogens is 555 g/mol. The number of fused-ring (bicyclic) bond motifs is 3. The normalized spacial score (nSPS) is 12.8. The Balaban J connectivity index is 1.67. The molecule has 0 radical (unpaired) electrons. The van der Waals surface area contributed by atoms with Crippen molar-refractivity contribution in [1.29, 1.82) is 0 Å². The van der Waals surface area contributed by atoms with E-state index in [0.717, 1.165) is 49.6 Å².